The predicted octanol–water partition coefficient (Wildman–Crippen LogP) is 2.07. The molecule has 2 aromatic rings. The van der Waals surface area contributed by atoms with Gasteiger partial charge in [0.1, 0.15) is 5.76 Å². The fraction of sp³-hybridized carbons (Fsp3) is 0.200. The molecule has 0 fully saturated rings. The molecule has 0 radical (unpaired) electrons. The molecule has 0 spiro atoms. The van der Waals surface area contributed by atoms with Crippen molar-refractivity contribution in [3.63, 3.8) is 0 Å². The number of rotatable bonds is 5. The molecule has 1 heterocycles. The average molecular weight is 351 g/mol. The summed E-state index contributed by atoms with van der Waals surface area (Å²) < 4.78 is 28.0. The van der Waals surface area contributed by atoms with Gasteiger partial charge in [0.25, 0.3) is 0 Å². The quantitative estimate of drug-likeness (QED) is 0.487. The third kappa shape index (κ3) is 5.19. The molecule has 122 valence electrons. The van der Waals surface area contributed by atoms with Crippen LogP contribution in [0.4, 0.5) is 0 Å². The summed E-state index contributed by atoms with van der Waals surface area (Å²) in [6, 6.07) is 10.2. The van der Waals surface area contributed by atoms with E-state index in [9.17, 15) is 8.42 Å². The van der Waals surface area contributed by atoms with E-state index in [1.165, 1.54) is 6.26 Å². The lowest BCUT2D eigenvalue weighted by Gasteiger charge is -2.07. The van der Waals surface area contributed by atoms with E-state index in [0.717, 1.165) is 11.3 Å². The van der Waals surface area contributed by atoms with E-state index in [1.807, 2.05) is 6.07 Å². The van der Waals surface area contributed by atoms with E-state index in [1.54, 1.807) is 43.5 Å². The Labute approximate surface area is 140 Å². The van der Waals surface area contributed by atoms with E-state index in [-0.39, 0.29) is 4.90 Å². The molecule has 2 rings (SSSR count). The van der Waals surface area contributed by atoms with Gasteiger partial charge in [-0.1, -0.05) is 12.1 Å². The van der Waals surface area contributed by atoms with Crippen molar-refractivity contribution in [2.24, 2.45) is 5.10 Å². The van der Waals surface area contributed by atoms with Gasteiger partial charge in [0.2, 0.25) is 0 Å². The zero-order valence-corrected chi connectivity index (χ0v) is 14.4. The maximum Gasteiger partial charge on any atom is 0.187 e. The summed E-state index contributed by atoms with van der Waals surface area (Å²) in [6.45, 7) is 2.27. The van der Waals surface area contributed by atoms with Crippen molar-refractivity contribution in [2.75, 3.05) is 6.26 Å². The van der Waals surface area contributed by atoms with Gasteiger partial charge in [-0.15, -0.1) is 0 Å². The van der Waals surface area contributed by atoms with Crippen LogP contribution in [0.25, 0.3) is 0 Å². The van der Waals surface area contributed by atoms with Crippen LogP contribution in [0.3, 0.4) is 0 Å². The molecule has 8 heteroatoms. The van der Waals surface area contributed by atoms with Gasteiger partial charge in [-0.05, 0) is 49.0 Å². The predicted molar refractivity (Wildman–Crippen MR) is 93.0 cm³/mol. The SMILES string of the molecule is C/C(=N/NC(=S)NCc1ccco1)c1ccc(S(C)(=O)=O)cc1. The molecule has 2 N–H and O–H groups in total. The average Bonchev–Trinajstić information content (AvgIpc) is 3.03. The molecule has 1 aromatic carbocycles. The summed E-state index contributed by atoms with van der Waals surface area (Å²) in [5.74, 6) is 0.770. The zero-order valence-electron chi connectivity index (χ0n) is 12.7. The highest BCUT2D eigenvalue weighted by Gasteiger charge is 2.07. The summed E-state index contributed by atoms with van der Waals surface area (Å²) >= 11 is 5.11. The molecule has 0 saturated heterocycles. The topological polar surface area (TPSA) is 83.7 Å². The first kappa shape index (κ1) is 17.2. The summed E-state index contributed by atoms with van der Waals surface area (Å²) in [5, 5.41) is 7.50. The smallest absolute Gasteiger partial charge is 0.187 e. The second kappa shape index (κ2) is 7.38. The fourth-order valence-corrected chi connectivity index (χ4v) is 2.51. The minimum absolute atomic E-state index is 0.276. The Morgan fingerprint density at radius 3 is 2.52 bits per heavy atom. The van der Waals surface area contributed by atoms with Gasteiger partial charge in [-0.2, -0.15) is 5.10 Å². The molecule has 0 aliphatic carbocycles. The monoisotopic (exact) mass is 351 g/mol. The first-order chi connectivity index (χ1) is 10.9. The molecule has 0 saturated carbocycles. The molecule has 0 aliphatic heterocycles. The minimum Gasteiger partial charge on any atom is -0.467 e. The molecule has 6 nitrogen and oxygen atoms in total. The van der Waals surface area contributed by atoms with E-state index < -0.39 is 9.84 Å². The summed E-state index contributed by atoms with van der Waals surface area (Å²) in [7, 11) is -3.20. The molecule has 0 bridgehead atoms. The number of hydrazone groups is 1. The lowest BCUT2D eigenvalue weighted by atomic mass is 10.1. The van der Waals surface area contributed by atoms with Crippen LogP contribution in [-0.2, 0) is 16.4 Å². The number of furan rings is 1. The number of hydrogen-bond acceptors (Lipinski definition) is 5. The minimum atomic E-state index is -3.20. The Morgan fingerprint density at radius 1 is 1.26 bits per heavy atom. The van der Waals surface area contributed by atoms with Gasteiger partial charge in [0.15, 0.2) is 14.9 Å². The van der Waals surface area contributed by atoms with E-state index in [4.69, 9.17) is 16.6 Å². The van der Waals surface area contributed by atoms with Gasteiger partial charge in [-0.25, -0.2) is 8.42 Å². The van der Waals surface area contributed by atoms with Crippen LogP contribution < -0.4 is 10.7 Å². The van der Waals surface area contributed by atoms with Crippen molar-refractivity contribution < 1.29 is 12.8 Å². The van der Waals surface area contributed by atoms with Crippen molar-refractivity contribution in [2.45, 2.75) is 18.4 Å². The number of nitrogens with zero attached hydrogens (tertiary/aromatic N) is 1. The highest BCUT2D eigenvalue weighted by Crippen LogP contribution is 2.10. The molecule has 0 unspecified atom stereocenters. The highest BCUT2D eigenvalue weighted by molar-refractivity contribution is 7.90. The molecule has 1 aromatic heterocycles. The van der Waals surface area contributed by atoms with Crippen LogP contribution in [-0.4, -0.2) is 25.5 Å². The Kier molecular flexibility index (Phi) is 5.51. The van der Waals surface area contributed by atoms with Gasteiger partial charge in [0, 0.05) is 6.26 Å². The Hall–Kier alpha value is -2.19. The van der Waals surface area contributed by atoms with Gasteiger partial charge >= 0.3 is 0 Å². The second-order valence-corrected chi connectivity index (χ2v) is 7.29. The molecule has 0 atom stereocenters. The highest BCUT2D eigenvalue weighted by atomic mass is 32.2. The molecular formula is C15H17N3O3S2. The van der Waals surface area contributed by atoms with Crippen LogP contribution in [0.2, 0.25) is 0 Å². The van der Waals surface area contributed by atoms with Crippen LogP contribution in [0.15, 0.2) is 57.1 Å². The first-order valence-corrected chi connectivity index (χ1v) is 9.07. The summed E-state index contributed by atoms with van der Waals surface area (Å²) in [5.41, 5.74) is 4.23. The van der Waals surface area contributed by atoms with Crippen molar-refractivity contribution in [3.05, 3.63) is 54.0 Å². The van der Waals surface area contributed by atoms with Gasteiger partial charge in [-0.3, -0.25) is 5.43 Å². The summed E-state index contributed by atoms with van der Waals surface area (Å²) in [4.78, 5) is 0.276. The number of sulfone groups is 1. The Balaban J connectivity index is 1.92. The van der Waals surface area contributed by atoms with Crippen LogP contribution in [0, 0.1) is 0 Å². The second-order valence-electron chi connectivity index (χ2n) is 4.87. The van der Waals surface area contributed by atoms with Crippen LogP contribution >= 0.6 is 12.2 Å². The lowest BCUT2D eigenvalue weighted by molar-refractivity contribution is 0.502. The van der Waals surface area contributed by atoms with Crippen molar-refractivity contribution in [3.8, 4) is 0 Å². The van der Waals surface area contributed by atoms with Gasteiger partial charge < -0.3 is 9.73 Å². The fourth-order valence-electron chi connectivity index (χ4n) is 1.76. The molecular weight excluding hydrogens is 334 g/mol. The third-order valence-corrected chi connectivity index (χ3v) is 4.39. The standard InChI is InChI=1S/C15H17N3O3S2/c1-11(12-5-7-14(8-6-12)23(2,19)20)17-18-15(22)16-10-13-4-3-9-21-13/h3-9H,10H2,1-2H3,(H2,16,18,22)/b17-11-. The number of thiocarbonyl (C=S) groups is 1. The Bertz CT molecular complexity index is 795. The summed E-state index contributed by atoms with van der Waals surface area (Å²) in [6.07, 6.45) is 2.77. The van der Waals surface area contributed by atoms with Crippen LogP contribution in [0.1, 0.15) is 18.2 Å². The van der Waals surface area contributed by atoms with Crippen molar-refractivity contribution >= 4 is 32.9 Å². The molecule has 0 amide bonds. The maximum atomic E-state index is 11.4. The largest absolute Gasteiger partial charge is 0.467 e. The number of benzene rings is 1. The van der Waals surface area contributed by atoms with E-state index >= 15 is 0 Å². The van der Waals surface area contributed by atoms with Crippen molar-refractivity contribution in [1.29, 1.82) is 0 Å². The molecule has 0 aliphatic rings. The third-order valence-electron chi connectivity index (χ3n) is 3.03. The molecule has 23 heavy (non-hydrogen) atoms. The number of hydrogen-bond donors (Lipinski definition) is 2. The normalized spacial score (nSPS) is 12.0. The van der Waals surface area contributed by atoms with Crippen molar-refractivity contribution in [1.82, 2.24) is 10.7 Å². The van der Waals surface area contributed by atoms with E-state index in [2.05, 4.69) is 15.8 Å². The maximum absolute atomic E-state index is 11.4. The zero-order chi connectivity index (χ0) is 16.9. The Morgan fingerprint density at radius 2 is 1.96 bits per heavy atom. The number of nitrogens with one attached hydrogen (secondary N) is 2. The van der Waals surface area contributed by atoms with Crippen LogP contribution in [0.5, 0.6) is 0 Å². The van der Waals surface area contributed by atoms with Gasteiger partial charge in [0.05, 0.1) is 23.4 Å². The lowest BCUT2D eigenvalue weighted by Crippen LogP contribution is -2.32. The van der Waals surface area contributed by atoms with E-state index in [0.29, 0.717) is 17.4 Å². The first-order valence-electron chi connectivity index (χ1n) is 6.77.